The number of nitrogens with zero attached hydrogens (tertiary/aromatic N) is 1. The molecule has 0 saturated carbocycles. The normalized spacial score (nSPS) is 10.5. The third-order valence-corrected chi connectivity index (χ3v) is 1.75. The molecule has 1 aromatic rings. The van der Waals surface area contributed by atoms with Crippen molar-refractivity contribution >= 4 is 15.9 Å². The first-order valence-corrected chi connectivity index (χ1v) is 4.22. The molecule has 0 atom stereocenters. The summed E-state index contributed by atoms with van der Waals surface area (Å²) in [6, 6.07) is 1.59. The Bertz CT molecular complexity index is 296. The summed E-state index contributed by atoms with van der Waals surface area (Å²) in [5.74, 6) is -0.124. The first kappa shape index (κ1) is 10.3. The molecule has 0 fully saturated rings. The van der Waals surface area contributed by atoms with E-state index in [1.165, 1.54) is 6.20 Å². The summed E-state index contributed by atoms with van der Waals surface area (Å²) in [7, 11) is 0. The molecule has 6 heteroatoms. The van der Waals surface area contributed by atoms with Crippen molar-refractivity contribution in [1.82, 2.24) is 4.98 Å². The summed E-state index contributed by atoms with van der Waals surface area (Å²) in [5.41, 5.74) is 5.75. The second-order valence-corrected chi connectivity index (χ2v) is 3.12. The van der Waals surface area contributed by atoms with Gasteiger partial charge in [0.2, 0.25) is 5.88 Å². The van der Waals surface area contributed by atoms with Gasteiger partial charge in [0.25, 0.3) is 0 Å². The summed E-state index contributed by atoms with van der Waals surface area (Å²) in [6.45, 7) is -2.77. The van der Waals surface area contributed by atoms with Crippen molar-refractivity contribution in [2.24, 2.45) is 5.73 Å². The number of halogens is 3. The molecule has 3 nitrogen and oxygen atoms in total. The average Bonchev–Trinajstić information content (AvgIpc) is 2.07. The van der Waals surface area contributed by atoms with E-state index in [0.717, 1.165) is 0 Å². The van der Waals surface area contributed by atoms with E-state index in [0.29, 0.717) is 10.0 Å². The molecule has 0 unspecified atom stereocenters. The van der Waals surface area contributed by atoms with Crippen LogP contribution < -0.4 is 10.5 Å². The lowest BCUT2D eigenvalue weighted by Crippen LogP contribution is -2.08. The Balaban J connectivity index is 2.92. The van der Waals surface area contributed by atoms with Gasteiger partial charge in [-0.1, -0.05) is 0 Å². The zero-order chi connectivity index (χ0) is 9.84. The second kappa shape index (κ2) is 4.48. The van der Waals surface area contributed by atoms with Gasteiger partial charge in [-0.05, 0) is 22.0 Å². The molecule has 0 aliphatic carbocycles. The van der Waals surface area contributed by atoms with Crippen LogP contribution in [0.1, 0.15) is 5.56 Å². The highest BCUT2D eigenvalue weighted by Gasteiger charge is 2.10. The van der Waals surface area contributed by atoms with E-state index in [-0.39, 0.29) is 12.4 Å². The number of nitrogens with two attached hydrogens (primary N) is 1. The molecule has 0 radical (unpaired) electrons. The van der Waals surface area contributed by atoms with Gasteiger partial charge in [0.15, 0.2) is 0 Å². The molecule has 0 saturated heterocycles. The van der Waals surface area contributed by atoms with E-state index in [1.54, 1.807) is 6.07 Å². The van der Waals surface area contributed by atoms with Crippen molar-refractivity contribution in [1.29, 1.82) is 0 Å². The molecule has 0 amide bonds. The minimum Gasteiger partial charge on any atom is -0.417 e. The Morgan fingerprint density at radius 2 is 2.31 bits per heavy atom. The predicted octanol–water partition coefficient (Wildman–Crippen LogP) is 1.90. The van der Waals surface area contributed by atoms with E-state index in [9.17, 15) is 8.78 Å². The summed E-state index contributed by atoms with van der Waals surface area (Å²) in [5, 5.41) is 0. The topological polar surface area (TPSA) is 48.1 Å². The minimum atomic E-state index is -2.88. The molecule has 0 aliphatic heterocycles. The molecular weight excluding hydrogens is 246 g/mol. The Morgan fingerprint density at radius 3 is 2.85 bits per heavy atom. The quantitative estimate of drug-likeness (QED) is 0.894. The van der Waals surface area contributed by atoms with Crippen molar-refractivity contribution in [2.75, 3.05) is 0 Å². The zero-order valence-electron chi connectivity index (χ0n) is 6.51. The van der Waals surface area contributed by atoms with Gasteiger partial charge in [-0.15, -0.1) is 0 Å². The van der Waals surface area contributed by atoms with Crippen LogP contribution in [0.25, 0.3) is 0 Å². The zero-order valence-corrected chi connectivity index (χ0v) is 8.09. The van der Waals surface area contributed by atoms with Crippen molar-refractivity contribution in [3.8, 4) is 5.88 Å². The first-order chi connectivity index (χ1) is 6.13. The monoisotopic (exact) mass is 252 g/mol. The lowest BCUT2D eigenvalue weighted by Gasteiger charge is -2.07. The number of hydrogen-bond donors (Lipinski definition) is 1. The average molecular weight is 253 g/mol. The van der Waals surface area contributed by atoms with Crippen LogP contribution in [0.3, 0.4) is 0 Å². The van der Waals surface area contributed by atoms with Crippen molar-refractivity contribution in [2.45, 2.75) is 13.2 Å². The van der Waals surface area contributed by atoms with E-state index in [2.05, 4.69) is 25.7 Å². The van der Waals surface area contributed by atoms with Gasteiger partial charge in [0.1, 0.15) is 0 Å². The van der Waals surface area contributed by atoms with Crippen LogP contribution >= 0.6 is 15.9 Å². The van der Waals surface area contributed by atoms with Gasteiger partial charge < -0.3 is 10.5 Å². The standard InChI is InChI=1S/C7H7BrF2N2O/c8-5-1-4(2-11)6(12-3-5)13-7(9)10/h1,3,7H,2,11H2. The number of pyridine rings is 1. The highest BCUT2D eigenvalue weighted by atomic mass is 79.9. The highest BCUT2D eigenvalue weighted by Crippen LogP contribution is 2.20. The maximum absolute atomic E-state index is 11.8. The van der Waals surface area contributed by atoms with Crippen LogP contribution in [0.4, 0.5) is 8.78 Å². The summed E-state index contributed by atoms with van der Waals surface area (Å²) >= 11 is 3.14. The van der Waals surface area contributed by atoms with Crippen molar-refractivity contribution in [3.63, 3.8) is 0 Å². The van der Waals surface area contributed by atoms with Crippen LogP contribution in [0.15, 0.2) is 16.7 Å². The van der Waals surface area contributed by atoms with Crippen LogP contribution in [-0.2, 0) is 6.54 Å². The Labute approximate surface area is 82.0 Å². The lowest BCUT2D eigenvalue weighted by atomic mass is 10.3. The molecular formula is C7H7BrF2N2O. The number of hydrogen-bond acceptors (Lipinski definition) is 3. The fraction of sp³-hybridized carbons (Fsp3) is 0.286. The Kier molecular flexibility index (Phi) is 3.56. The first-order valence-electron chi connectivity index (χ1n) is 3.42. The Hall–Kier alpha value is -0.750. The minimum absolute atomic E-state index is 0.106. The summed E-state index contributed by atoms with van der Waals surface area (Å²) in [6.07, 6.45) is 1.37. The van der Waals surface area contributed by atoms with Crippen LogP contribution in [0, 0.1) is 0 Å². The second-order valence-electron chi connectivity index (χ2n) is 2.20. The number of aromatic nitrogens is 1. The van der Waals surface area contributed by atoms with Crippen LogP contribution in [0.2, 0.25) is 0 Å². The number of rotatable bonds is 3. The number of alkyl halides is 2. The summed E-state index contributed by atoms with van der Waals surface area (Å²) < 4.78 is 28.5. The van der Waals surface area contributed by atoms with Gasteiger partial charge in [-0.25, -0.2) is 4.98 Å². The molecule has 0 bridgehead atoms. The molecule has 72 valence electrons. The largest absolute Gasteiger partial charge is 0.417 e. The SMILES string of the molecule is NCc1cc(Br)cnc1OC(F)F. The van der Waals surface area contributed by atoms with Gasteiger partial charge >= 0.3 is 6.61 Å². The third-order valence-electron chi connectivity index (χ3n) is 1.31. The number of ether oxygens (including phenoxy) is 1. The lowest BCUT2D eigenvalue weighted by molar-refractivity contribution is -0.0534. The van der Waals surface area contributed by atoms with Crippen LogP contribution in [-0.4, -0.2) is 11.6 Å². The molecule has 1 aromatic heterocycles. The molecule has 0 aromatic carbocycles. The van der Waals surface area contributed by atoms with E-state index < -0.39 is 6.61 Å². The van der Waals surface area contributed by atoms with E-state index in [1.807, 2.05) is 0 Å². The molecule has 1 rings (SSSR count). The molecule has 0 aliphatic rings. The molecule has 13 heavy (non-hydrogen) atoms. The fourth-order valence-electron chi connectivity index (χ4n) is 0.805. The molecule has 0 spiro atoms. The predicted molar refractivity (Wildman–Crippen MR) is 46.5 cm³/mol. The van der Waals surface area contributed by atoms with Gasteiger partial charge in [-0.3, -0.25) is 0 Å². The maximum Gasteiger partial charge on any atom is 0.388 e. The molecule has 2 N–H and O–H groups in total. The Morgan fingerprint density at radius 1 is 1.62 bits per heavy atom. The van der Waals surface area contributed by atoms with Crippen molar-refractivity contribution < 1.29 is 13.5 Å². The molecule has 1 heterocycles. The highest BCUT2D eigenvalue weighted by molar-refractivity contribution is 9.10. The van der Waals surface area contributed by atoms with Gasteiger partial charge in [0.05, 0.1) is 0 Å². The van der Waals surface area contributed by atoms with E-state index in [4.69, 9.17) is 5.73 Å². The third kappa shape index (κ3) is 2.89. The van der Waals surface area contributed by atoms with Crippen molar-refractivity contribution in [3.05, 3.63) is 22.3 Å². The van der Waals surface area contributed by atoms with Crippen LogP contribution in [0.5, 0.6) is 5.88 Å². The van der Waals surface area contributed by atoms with E-state index >= 15 is 0 Å². The summed E-state index contributed by atoms with van der Waals surface area (Å²) in [4.78, 5) is 3.66. The van der Waals surface area contributed by atoms with Gasteiger partial charge in [0, 0.05) is 22.8 Å². The van der Waals surface area contributed by atoms with Gasteiger partial charge in [-0.2, -0.15) is 8.78 Å². The maximum atomic E-state index is 11.8. The fourth-order valence-corrected chi connectivity index (χ4v) is 1.18. The smallest absolute Gasteiger partial charge is 0.388 e.